The molecule has 0 saturated heterocycles. The second-order valence-electron chi connectivity index (χ2n) is 2.09. The molecule has 0 aromatic heterocycles. The van der Waals surface area contributed by atoms with Gasteiger partial charge in [0, 0.05) is 20.4 Å². The van der Waals surface area contributed by atoms with E-state index in [2.05, 4.69) is 8.85 Å². The minimum Gasteiger partial charge on any atom is -0.465 e. The number of hydrogen-bond acceptors (Lipinski definition) is 5. The zero-order valence-electron chi connectivity index (χ0n) is 6.58. The molecule has 0 radical (unpaired) electrons. The predicted molar refractivity (Wildman–Crippen MR) is 37.4 cm³/mol. The zero-order chi connectivity index (χ0) is 9.07. The van der Waals surface area contributed by atoms with Gasteiger partial charge in [0.1, 0.15) is 0 Å². The van der Waals surface area contributed by atoms with E-state index in [0.29, 0.717) is 0 Å². The van der Waals surface area contributed by atoms with Gasteiger partial charge in [-0.1, -0.05) is 0 Å². The maximum absolute atomic E-state index is 10.3. The fraction of sp³-hybridized carbons (Fsp3) is 0.600. The Morgan fingerprint density at radius 3 is 1.64 bits per heavy atom. The molecule has 6 heteroatoms. The third kappa shape index (κ3) is 5.56. The van der Waals surface area contributed by atoms with E-state index in [-0.39, 0.29) is 0 Å². The van der Waals surface area contributed by atoms with Gasteiger partial charge in [0.2, 0.25) is 0 Å². The Labute approximate surface area is 65.3 Å². The van der Waals surface area contributed by atoms with Crippen molar-refractivity contribution in [2.24, 2.45) is 0 Å². The lowest BCUT2D eigenvalue weighted by atomic mass is 10.9. The maximum Gasteiger partial charge on any atom is 0.629 e. The van der Waals surface area contributed by atoms with E-state index in [0.717, 1.165) is 13.8 Å². The molecule has 0 heterocycles. The highest BCUT2D eigenvalue weighted by Gasteiger charge is 2.37. The fourth-order valence-electron chi connectivity index (χ4n) is 0.554. The van der Waals surface area contributed by atoms with Gasteiger partial charge in [-0.3, -0.25) is 9.59 Å². The zero-order valence-corrected chi connectivity index (χ0v) is 7.58. The van der Waals surface area contributed by atoms with Crippen LogP contribution in [0.1, 0.15) is 13.8 Å². The lowest BCUT2D eigenvalue weighted by Gasteiger charge is -2.16. The Bertz CT molecular complexity index is 158. The maximum atomic E-state index is 10.3. The van der Waals surface area contributed by atoms with Crippen molar-refractivity contribution in [1.29, 1.82) is 0 Å². The van der Waals surface area contributed by atoms with Gasteiger partial charge in [0.05, 0.1) is 0 Å². The summed E-state index contributed by atoms with van der Waals surface area (Å²) < 4.78 is 8.72. The van der Waals surface area contributed by atoms with Crippen molar-refractivity contribution in [3.05, 3.63) is 0 Å². The highest BCUT2D eigenvalue weighted by molar-refractivity contribution is 6.61. The van der Waals surface area contributed by atoms with Crippen molar-refractivity contribution in [2.45, 2.75) is 20.4 Å². The van der Waals surface area contributed by atoms with Gasteiger partial charge < -0.3 is 13.6 Å². The molecule has 0 fully saturated rings. The van der Waals surface area contributed by atoms with E-state index >= 15 is 0 Å². The van der Waals surface area contributed by atoms with Crippen LogP contribution in [0, 0.1) is 0 Å². The molecule has 0 bridgehead atoms. The molecule has 0 unspecified atom stereocenters. The van der Waals surface area contributed by atoms with Crippen molar-refractivity contribution < 1.29 is 23.2 Å². The molecule has 0 amide bonds. The van der Waals surface area contributed by atoms with Crippen LogP contribution in [0.2, 0.25) is 6.55 Å². The average molecular weight is 178 g/mol. The SMILES string of the molecule is CC(=O)O[Si](C)(O)OC(C)=O. The second-order valence-corrected chi connectivity index (χ2v) is 4.29. The summed E-state index contributed by atoms with van der Waals surface area (Å²) in [6.07, 6.45) is 0. The molecule has 0 aromatic rings. The molecule has 0 atom stereocenters. The molecule has 1 N–H and O–H groups in total. The normalized spacial score (nSPS) is 10.5. The van der Waals surface area contributed by atoms with E-state index in [1.165, 1.54) is 6.55 Å². The number of hydrogen-bond donors (Lipinski definition) is 1. The minimum atomic E-state index is -3.53. The lowest BCUT2D eigenvalue weighted by molar-refractivity contribution is -0.141. The summed E-state index contributed by atoms with van der Waals surface area (Å²) in [5.41, 5.74) is 0. The van der Waals surface area contributed by atoms with E-state index in [1.807, 2.05) is 0 Å². The summed E-state index contributed by atoms with van der Waals surface area (Å²) in [4.78, 5) is 29.7. The Hall–Kier alpha value is -0.883. The largest absolute Gasteiger partial charge is 0.629 e. The highest BCUT2D eigenvalue weighted by atomic mass is 28.4. The highest BCUT2D eigenvalue weighted by Crippen LogP contribution is 2.02. The standard InChI is InChI=1S/C5H10O5Si/c1-4(6)9-11(3,8)10-5(2)7/h8H,1-3H3. The number of carbonyl (C=O) groups excluding carboxylic acids is 2. The Balaban J connectivity index is 3.99. The van der Waals surface area contributed by atoms with Gasteiger partial charge in [-0.15, -0.1) is 0 Å². The van der Waals surface area contributed by atoms with E-state index in [1.54, 1.807) is 0 Å². The van der Waals surface area contributed by atoms with Gasteiger partial charge in [0.15, 0.2) is 0 Å². The van der Waals surface area contributed by atoms with Gasteiger partial charge in [-0.05, 0) is 0 Å². The Morgan fingerprint density at radius 2 is 1.45 bits per heavy atom. The van der Waals surface area contributed by atoms with Crippen LogP contribution in [0.4, 0.5) is 0 Å². The summed E-state index contributed by atoms with van der Waals surface area (Å²) in [6, 6.07) is 0. The Kier molecular flexibility index (Phi) is 3.21. The first-order valence-corrected chi connectivity index (χ1v) is 5.21. The van der Waals surface area contributed by atoms with Crippen LogP contribution in [-0.2, 0) is 18.4 Å². The smallest absolute Gasteiger partial charge is 0.465 e. The van der Waals surface area contributed by atoms with Crippen molar-refractivity contribution in [3.8, 4) is 0 Å². The monoisotopic (exact) mass is 178 g/mol. The quantitative estimate of drug-likeness (QED) is 0.586. The van der Waals surface area contributed by atoms with E-state index in [4.69, 9.17) is 4.80 Å². The van der Waals surface area contributed by atoms with Crippen molar-refractivity contribution in [2.75, 3.05) is 0 Å². The molecule has 0 aliphatic heterocycles. The van der Waals surface area contributed by atoms with E-state index < -0.39 is 20.7 Å². The van der Waals surface area contributed by atoms with Gasteiger partial charge in [-0.25, -0.2) is 0 Å². The number of rotatable bonds is 2. The molecule has 0 saturated carbocycles. The molecule has 0 aliphatic carbocycles. The van der Waals surface area contributed by atoms with Gasteiger partial charge >= 0.3 is 8.80 Å². The van der Waals surface area contributed by atoms with Crippen LogP contribution in [0.25, 0.3) is 0 Å². The van der Waals surface area contributed by atoms with Crippen molar-refractivity contribution in [3.63, 3.8) is 0 Å². The lowest BCUT2D eigenvalue weighted by Crippen LogP contribution is -2.41. The topological polar surface area (TPSA) is 72.8 Å². The van der Waals surface area contributed by atoms with Crippen LogP contribution in [0.3, 0.4) is 0 Å². The summed E-state index contributed by atoms with van der Waals surface area (Å²) in [5, 5.41) is 0. The third-order valence-corrected chi connectivity index (χ3v) is 2.00. The van der Waals surface area contributed by atoms with E-state index in [9.17, 15) is 9.59 Å². The number of carbonyl (C=O) groups is 2. The summed E-state index contributed by atoms with van der Waals surface area (Å²) in [5.74, 6) is -1.33. The molecular formula is C5H10O5Si. The molecular weight excluding hydrogens is 168 g/mol. The molecule has 11 heavy (non-hydrogen) atoms. The summed E-state index contributed by atoms with van der Waals surface area (Å²) in [6.45, 7) is 3.45. The fourth-order valence-corrected chi connectivity index (χ4v) is 1.66. The first-order valence-electron chi connectivity index (χ1n) is 2.95. The van der Waals surface area contributed by atoms with Crippen LogP contribution in [0.5, 0.6) is 0 Å². The molecule has 5 nitrogen and oxygen atoms in total. The van der Waals surface area contributed by atoms with Crippen LogP contribution >= 0.6 is 0 Å². The van der Waals surface area contributed by atoms with Gasteiger partial charge in [-0.2, -0.15) is 0 Å². The second kappa shape index (κ2) is 3.49. The average Bonchev–Trinajstić information content (AvgIpc) is 1.53. The predicted octanol–water partition coefficient (Wildman–Crippen LogP) is -0.326. The van der Waals surface area contributed by atoms with Crippen LogP contribution in [0.15, 0.2) is 0 Å². The molecule has 64 valence electrons. The van der Waals surface area contributed by atoms with Crippen molar-refractivity contribution in [1.82, 2.24) is 0 Å². The van der Waals surface area contributed by atoms with Crippen molar-refractivity contribution >= 4 is 20.7 Å². The minimum absolute atomic E-state index is 0.664. The van der Waals surface area contributed by atoms with Crippen LogP contribution in [-0.4, -0.2) is 25.5 Å². The molecule has 0 rings (SSSR count). The third-order valence-electron chi connectivity index (χ3n) is 0.666. The first-order chi connectivity index (χ1) is 4.83. The first kappa shape index (κ1) is 10.1. The van der Waals surface area contributed by atoms with Crippen LogP contribution < -0.4 is 0 Å². The molecule has 0 aliphatic rings. The Morgan fingerprint density at radius 1 is 1.18 bits per heavy atom. The van der Waals surface area contributed by atoms with Gasteiger partial charge in [0.25, 0.3) is 11.9 Å². The molecule has 0 aromatic carbocycles. The summed E-state index contributed by atoms with van der Waals surface area (Å²) in [7, 11) is -3.53. The summed E-state index contributed by atoms with van der Waals surface area (Å²) >= 11 is 0. The molecule has 0 spiro atoms.